The molecular weight excluding hydrogens is 431 g/mol. The summed E-state index contributed by atoms with van der Waals surface area (Å²) in [6.45, 7) is 1.99. The van der Waals surface area contributed by atoms with Crippen LogP contribution in [-0.4, -0.2) is 35.7 Å². The van der Waals surface area contributed by atoms with E-state index in [2.05, 4.69) is 0 Å². The molecule has 1 heterocycles. The number of benzene rings is 4. The smallest absolute Gasteiger partial charge is 0.261 e. The third kappa shape index (κ3) is 3.63. The largest absolute Gasteiger partial charge is 0.306 e. The van der Waals surface area contributed by atoms with Gasteiger partial charge in [-0.2, -0.15) is 0 Å². The van der Waals surface area contributed by atoms with Crippen molar-refractivity contribution in [1.82, 2.24) is 4.90 Å². The molecule has 0 saturated heterocycles. The van der Waals surface area contributed by atoms with Gasteiger partial charge in [0, 0.05) is 40.9 Å². The number of para-hydroxylation sites is 1. The van der Waals surface area contributed by atoms with Crippen molar-refractivity contribution in [2.45, 2.75) is 6.92 Å². The quantitative estimate of drug-likeness (QED) is 0.390. The van der Waals surface area contributed by atoms with Crippen LogP contribution >= 0.6 is 0 Å². The third-order valence-electron chi connectivity index (χ3n) is 6.15. The van der Waals surface area contributed by atoms with Gasteiger partial charge in [0.15, 0.2) is 0 Å². The number of anilines is 1. The predicted octanol–water partition coefficient (Wildman–Crippen LogP) is 5.23. The number of hydrogen-bond donors (Lipinski definition) is 0. The average Bonchev–Trinajstić information content (AvgIpc) is 2.85. The van der Waals surface area contributed by atoms with Gasteiger partial charge in [-0.1, -0.05) is 42.5 Å². The lowest BCUT2D eigenvalue weighted by molar-refractivity contribution is 0.0611. The molecule has 5 nitrogen and oxygen atoms in total. The Morgan fingerprint density at radius 1 is 0.824 bits per heavy atom. The zero-order chi connectivity index (χ0) is 23.8. The van der Waals surface area contributed by atoms with Crippen molar-refractivity contribution in [2.75, 3.05) is 18.0 Å². The van der Waals surface area contributed by atoms with Crippen LogP contribution in [0, 0.1) is 12.7 Å². The number of hydrogen-bond acceptors (Lipinski definition) is 3. The summed E-state index contributed by atoms with van der Waals surface area (Å²) in [5.74, 6) is -1.54. The molecule has 4 aromatic carbocycles. The predicted molar refractivity (Wildman–Crippen MR) is 129 cm³/mol. The van der Waals surface area contributed by atoms with Crippen molar-refractivity contribution in [3.05, 3.63) is 113 Å². The Morgan fingerprint density at radius 2 is 1.44 bits per heavy atom. The molecule has 0 N–H and O–H groups in total. The summed E-state index contributed by atoms with van der Waals surface area (Å²) >= 11 is 0. The number of aryl methyl sites for hydroxylation is 1. The summed E-state index contributed by atoms with van der Waals surface area (Å²) in [5.41, 5.74) is 2.79. The van der Waals surface area contributed by atoms with Gasteiger partial charge >= 0.3 is 0 Å². The Morgan fingerprint density at radius 3 is 2.06 bits per heavy atom. The van der Waals surface area contributed by atoms with E-state index in [0.29, 0.717) is 27.8 Å². The first-order chi connectivity index (χ1) is 16.5. The highest BCUT2D eigenvalue weighted by molar-refractivity contribution is 6.25. The van der Waals surface area contributed by atoms with Crippen LogP contribution in [-0.2, 0) is 0 Å². The van der Waals surface area contributed by atoms with Gasteiger partial charge < -0.3 is 4.90 Å². The molecular formula is C28H21FN2O3. The van der Waals surface area contributed by atoms with Gasteiger partial charge in [0.2, 0.25) is 0 Å². The number of carbonyl (C=O) groups is 3. The highest BCUT2D eigenvalue weighted by atomic mass is 19.1. The molecule has 1 aliphatic rings. The molecule has 0 aliphatic carbocycles. The fraction of sp³-hybridized carbons (Fsp3) is 0.107. The fourth-order valence-electron chi connectivity index (χ4n) is 4.43. The summed E-state index contributed by atoms with van der Waals surface area (Å²) in [7, 11) is 0. The second kappa shape index (κ2) is 8.56. The van der Waals surface area contributed by atoms with Gasteiger partial charge in [-0.25, -0.2) is 4.39 Å². The van der Waals surface area contributed by atoms with E-state index in [-0.39, 0.29) is 30.8 Å². The van der Waals surface area contributed by atoms with Crippen molar-refractivity contribution < 1.29 is 18.8 Å². The first kappa shape index (κ1) is 21.5. The van der Waals surface area contributed by atoms with Crippen LogP contribution in [0.1, 0.15) is 36.6 Å². The van der Waals surface area contributed by atoms with E-state index in [4.69, 9.17) is 0 Å². The molecule has 1 aliphatic heterocycles. The first-order valence-corrected chi connectivity index (χ1v) is 11.0. The van der Waals surface area contributed by atoms with E-state index in [1.165, 1.54) is 34.1 Å². The molecule has 0 spiro atoms. The Kier molecular flexibility index (Phi) is 5.42. The number of amides is 3. The monoisotopic (exact) mass is 452 g/mol. The molecule has 0 atom stereocenters. The van der Waals surface area contributed by atoms with E-state index in [1.807, 2.05) is 43.3 Å². The maximum atomic E-state index is 13.4. The number of carbonyl (C=O) groups excluding carboxylic acids is 3. The van der Waals surface area contributed by atoms with Crippen LogP contribution in [0.5, 0.6) is 0 Å². The van der Waals surface area contributed by atoms with E-state index in [0.717, 1.165) is 10.9 Å². The molecule has 0 fully saturated rings. The number of imide groups is 1. The van der Waals surface area contributed by atoms with Gasteiger partial charge in [0.05, 0.1) is 0 Å². The van der Waals surface area contributed by atoms with Crippen LogP contribution in [0.2, 0.25) is 0 Å². The maximum absolute atomic E-state index is 13.4. The highest BCUT2D eigenvalue weighted by Gasteiger charge is 2.33. The maximum Gasteiger partial charge on any atom is 0.261 e. The van der Waals surface area contributed by atoms with Gasteiger partial charge in [-0.15, -0.1) is 0 Å². The minimum Gasteiger partial charge on any atom is -0.306 e. The van der Waals surface area contributed by atoms with E-state index in [1.54, 1.807) is 24.3 Å². The van der Waals surface area contributed by atoms with Gasteiger partial charge in [-0.05, 0) is 60.3 Å². The summed E-state index contributed by atoms with van der Waals surface area (Å²) in [6.07, 6.45) is 0. The van der Waals surface area contributed by atoms with Crippen LogP contribution < -0.4 is 4.90 Å². The topological polar surface area (TPSA) is 57.7 Å². The lowest BCUT2D eigenvalue weighted by Crippen LogP contribution is -2.46. The van der Waals surface area contributed by atoms with Crippen molar-refractivity contribution in [3.8, 4) is 0 Å². The third-order valence-corrected chi connectivity index (χ3v) is 6.15. The van der Waals surface area contributed by atoms with Crippen molar-refractivity contribution in [1.29, 1.82) is 0 Å². The van der Waals surface area contributed by atoms with Crippen molar-refractivity contribution >= 4 is 34.2 Å². The van der Waals surface area contributed by atoms with Gasteiger partial charge in [0.1, 0.15) is 5.82 Å². The lowest BCUT2D eigenvalue weighted by Gasteiger charge is -2.30. The Hall–Kier alpha value is -4.32. The fourth-order valence-corrected chi connectivity index (χ4v) is 4.43. The Labute approximate surface area is 196 Å². The zero-order valence-corrected chi connectivity index (χ0v) is 18.5. The summed E-state index contributed by atoms with van der Waals surface area (Å²) in [4.78, 5) is 42.7. The SMILES string of the molecule is Cc1ccccc1N(CCN1C(=O)c2cccc3cccc(c23)C1=O)C(=O)c1ccc(F)cc1. The number of halogens is 1. The zero-order valence-electron chi connectivity index (χ0n) is 18.5. The molecule has 3 amide bonds. The summed E-state index contributed by atoms with van der Waals surface area (Å²) < 4.78 is 13.4. The normalized spacial score (nSPS) is 12.8. The summed E-state index contributed by atoms with van der Waals surface area (Å²) in [6, 6.07) is 23.5. The molecule has 0 unspecified atom stereocenters. The van der Waals surface area contributed by atoms with Gasteiger partial charge in [-0.3, -0.25) is 19.3 Å². The molecule has 5 rings (SSSR count). The molecule has 34 heavy (non-hydrogen) atoms. The van der Waals surface area contributed by atoms with Crippen LogP contribution in [0.25, 0.3) is 10.8 Å². The molecule has 4 aromatic rings. The van der Waals surface area contributed by atoms with Crippen LogP contribution in [0.3, 0.4) is 0 Å². The highest BCUT2D eigenvalue weighted by Crippen LogP contribution is 2.30. The van der Waals surface area contributed by atoms with E-state index in [9.17, 15) is 18.8 Å². The van der Waals surface area contributed by atoms with Crippen molar-refractivity contribution in [3.63, 3.8) is 0 Å². The second-order valence-electron chi connectivity index (χ2n) is 8.22. The molecule has 168 valence electrons. The minimum absolute atomic E-state index is 0.0175. The molecule has 0 bridgehead atoms. The molecule has 0 aromatic heterocycles. The standard InChI is InChI=1S/C28H21FN2O3/c1-18-6-2-3-11-24(18)30(26(32)20-12-14-21(29)15-13-20)16-17-31-27(33)22-9-4-7-19-8-5-10-23(25(19)22)28(31)34/h2-15H,16-17H2,1H3. The molecule has 0 radical (unpaired) electrons. The van der Waals surface area contributed by atoms with E-state index >= 15 is 0 Å². The van der Waals surface area contributed by atoms with Gasteiger partial charge in [0.25, 0.3) is 17.7 Å². The lowest BCUT2D eigenvalue weighted by atomic mass is 9.94. The molecule has 0 saturated carbocycles. The van der Waals surface area contributed by atoms with Crippen LogP contribution in [0.15, 0.2) is 84.9 Å². The summed E-state index contributed by atoms with van der Waals surface area (Å²) in [5, 5.41) is 1.50. The number of nitrogens with zero attached hydrogens (tertiary/aromatic N) is 2. The van der Waals surface area contributed by atoms with E-state index < -0.39 is 5.82 Å². The van der Waals surface area contributed by atoms with Crippen molar-refractivity contribution in [2.24, 2.45) is 0 Å². The van der Waals surface area contributed by atoms with Crippen LogP contribution in [0.4, 0.5) is 10.1 Å². The minimum atomic E-state index is -0.434. The Bertz CT molecular complexity index is 1400. The second-order valence-corrected chi connectivity index (χ2v) is 8.22. The average molecular weight is 452 g/mol. The first-order valence-electron chi connectivity index (χ1n) is 11.0. The Balaban J connectivity index is 1.48. The number of rotatable bonds is 5. The molecule has 6 heteroatoms.